The van der Waals surface area contributed by atoms with Crippen LogP contribution in [0.15, 0.2) is 54.6 Å². The van der Waals surface area contributed by atoms with Gasteiger partial charge in [0.25, 0.3) is 0 Å². The van der Waals surface area contributed by atoms with Gasteiger partial charge in [-0.05, 0) is 24.3 Å². The van der Waals surface area contributed by atoms with Crippen molar-refractivity contribution >= 4 is 12.1 Å². The third kappa shape index (κ3) is 3.49. The number of para-hydroxylation sites is 2. The van der Waals surface area contributed by atoms with Crippen LogP contribution in [0.25, 0.3) is 0 Å². The minimum Gasteiger partial charge on any atom is -0.478 e. The van der Waals surface area contributed by atoms with Crippen LogP contribution in [0.3, 0.4) is 0 Å². The number of carboxylic acids is 1. The summed E-state index contributed by atoms with van der Waals surface area (Å²) in [7, 11) is 0. The fourth-order valence-electron chi connectivity index (χ4n) is 1.45. The van der Waals surface area contributed by atoms with Crippen molar-refractivity contribution in [3.05, 3.63) is 60.2 Å². The van der Waals surface area contributed by atoms with E-state index in [1.165, 1.54) is 12.1 Å². The van der Waals surface area contributed by atoms with E-state index in [4.69, 9.17) is 14.7 Å². The first-order chi connectivity index (χ1) is 9.66. The lowest BCUT2D eigenvalue weighted by Crippen LogP contribution is -2.30. The van der Waals surface area contributed by atoms with E-state index >= 15 is 0 Å². The maximum absolute atomic E-state index is 11.5. The van der Waals surface area contributed by atoms with Crippen molar-refractivity contribution in [2.75, 3.05) is 0 Å². The zero-order chi connectivity index (χ0) is 14.4. The topological polar surface area (TPSA) is 84.9 Å². The maximum atomic E-state index is 11.5. The third-order valence-electron chi connectivity index (χ3n) is 2.32. The molecule has 6 nitrogen and oxygen atoms in total. The summed E-state index contributed by atoms with van der Waals surface area (Å²) < 4.78 is 4.91. The summed E-state index contributed by atoms with van der Waals surface area (Å²) >= 11 is 0. The molecule has 0 saturated carbocycles. The second kappa shape index (κ2) is 6.24. The molecule has 2 N–H and O–H groups in total. The molecule has 20 heavy (non-hydrogen) atoms. The van der Waals surface area contributed by atoms with Crippen LogP contribution in [-0.4, -0.2) is 17.2 Å². The first-order valence-corrected chi connectivity index (χ1v) is 5.69. The van der Waals surface area contributed by atoms with E-state index in [9.17, 15) is 9.59 Å². The number of carbonyl (C=O) groups excluding carboxylic acids is 1. The van der Waals surface area contributed by atoms with Crippen molar-refractivity contribution in [1.29, 1.82) is 0 Å². The number of hydrogen-bond acceptors (Lipinski definition) is 4. The van der Waals surface area contributed by atoms with Crippen LogP contribution in [0, 0.1) is 0 Å². The molecule has 0 bridgehead atoms. The molecule has 6 heteroatoms. The van der Waals surface area contributed by atoms with Crippen molar-refractivity contribution in [1.82, 2.24) is 5.48 Å². The Morgan fingerprint density at radius 3 is 2.30 bits per heavy atom. The minimum absolute atomic E-state index is 0.0185. The number of hydrogen-bond donors (Lipinski definition) is 2. The number of hydroxylamine groups is 1. The van der Waals surface area contributed by atoms with Gasteiger partial charge in [-0.1, -0.05) is 30.3 Å². The summed E-state index contributed by atoms with van der Waals surface area (Å²) in [6, 6.07) is 14.3. The highest BCUT2D eigenvalue weighted by atomic mass is 16.7. The summed E-state index contributed by atoms with van der Waals surface area (Å²) in [5.41, 5.74) is 1.96. The molecule has 2 aromatic rings. The molecule has 0 spiro atoms. The maximum Gasteiger partial charge on any atom is 0.446 e. The minimum atomic E-state index is -1.15. The molecule has 1 amide bonds. The molecule has 0 aliphatic carbocycles. The van der Waals surface area contributed by atoms with Crippen molar-refractivity contribution in [3.8, 4) is 11.5 Å². The molecule has 0 radical (unpaired) electrons. The molecule has 2 rings (SSSR count). The van der Waals surface area contributed by atoms with E-state index in [0.29, 0.717) is 5.75 Å². The van der Waals surface area contributed by atoms with Crippen LogP contribution in [-0.2, 0) is 0 Å². The fraction of sp³-hybridized carbons (Fsp3) is 0. The lowest BCUT2D eigenvalue weighted by Gasteiger charge is -2.09. The van der Waals surface area contributed by atoms with Crippen LogP contribution >= 0.6 is 0 Å². The highest BCUT2D eigenvalue weighted by Crippen LogP contribution is 2.16. The zero-order valence-corrected chi connectivity index (χ0v) is 10.3. The Morgan fingerprint density at radius 2 is 1.60 bits per heavy atom. The van der Waals surface area contributed by atoms with Crippen molar-refractivity contribution < 1.29 is 24.3 Å². The Morgan fingerprint density at radius 1 is 0.950 bits per heavy atom. The Bertz CT molecular complexity index is 612. The SMILES string of the molecule is O=C(NOc1ccccc1C(=O)O)Oc1ccccc1. The number of carbonyl (C=O) groups is 2. The summed E-state index contributed by atoms with van der Waals surface area (Å²) in [6.45, 7) is 0. The van der Waals surface area contributed by atoms with Crippen LogP contribution in [0.1, 0.15) is 10.4 Å². The lowest BCUT2D eigenvalue weighted by molar-refractivity contribution is 0.0686. The average Bonchev–Trinajstić information content (AvgIpc) is 2.46. The molecule has 0 atom stereocenters. The number of amides is 1. The van der Waals surface area contributed by atoms with Gasteiger partial charge in [-0.3, -0.25) is 0 Å². The molecule has 0 saturated heterocycles. The molecule has 0 aliphatic rings. The molecule has 0 aliphatic heterocycles. The van der Waals surface area contributed by atoms with Gasteiger partial charge in [-0.25, -0.2) is 9.59 Å². The van der Waals surface area contributed by atoms with Gasteiger partial charge in [0.15, 0.2) is 5.75 Å². The van der Waals surface area contributed by atoms with Crippen LogP contribution in [0.4, 0.5) is 4.79 Å². The van der Waals surface area contributed by atoms with E-state index in [-0.39, 0.29) is 11.3 Å². The number of carboxylic acid groups (broad SMARTS) is 1. The van der Waals surface area contributed by atoms with E-state index in [1.54, 1.807) is 42.5 Å². The fourth-order valence-corrected chi connectivity index (χ4v) is 1.45. The van der Waals surface area contributed by atoms with Gasteiger partial charge >= 0.3 is 12.1 Å². The van der Waals surface area contributed by atoms with E-state index in [0.717, 1.165) is 0 Å². The highest BCUT2D eigenvalue weighted by Gasteiger charge is 2.12. The molecular weight excluding hydrogens is 262 g/mol. The van der Waals surface area contributed by atoms with Crippen molar-refractivity contribution in [2.45, 2.75) is 0 Å². The molecule has 0 fully saturated rings. The average molecular weight is 273 g/mol. The Kier molecular flexibility index (Phi) is 4.18. The molecule has 0 aromatic heterocycles. The monoisotopic (exact) mass is 273 g/mol. The molecule has 0 heterocycles. The van der Waals surface area contributed by atoms with Gasteiger partial charge in [0.1, 0.15) is 11.3 Å². The summed E-state index contributed by atoms with van der Waals surface area (Å²) in [6.07, 6.45) is -0.851. The Balaban J connectivity index is 1.96. The third-order valence-corrected chi connectivity index (χ3v) is 2.32. The van der Waals surface area contributed by atoms with Crippen LogP contribution in [0.2, 0.25) is 0 Å². The summed E-state index contributed by atoms with van der Waals surface area (Å²) in [5.74, 6) is -0.788. The quantitative estimate of drug-likeness (QED) is 0.836. The molecule has 102 valence electrons. The smallest absolute Gasteiger partial charge is 0.446 e. The second-order valence-corrected chi connectivity index (χ2v) is 3.71. The first-order valence-electron chi connectivity index (χ1n) is 5.69. The largest absolute Gasteiger partial charge is 0.478 e. The number of aromatic carboxylic acids is 1. The first kappa shape index (κ1) is 13.4. The van der Waals surface area contributed by atoms with Gasteiger partial charge < -0.3 is 14.7 Å². The van der Waals surface area contributed by atoms with Gasteiger partial charge in [0.05, 0.1) is 0 Å². The molecule has 2 aromatic carbocycles. The van der Waals surface area contributed by atoms with Gasteiger partial charge in [-0.15, -0.1) is 0 Å². The predicted molar refractivity (Wildman–Crippen MR) is 69.6 cm³/mol. The van der Waals surface area contributed by atoms with E-state index < -0.39 is 12.1 Å². The highest BCUT2D eigenvalue weighted by molar-refractivity contribution is 5.90. The number of rotatable bonds is 4. The lowest BCUT2D eigenvalue weighted by atomic mass is 10.2. The Hall–Kier alpha value is -3.02. The number of nitrogens with one attached hydrogen (secondary N) is 1. The number of ether oxygens (including phenoxy) is 1. The van der Waals surface area contributed by atoms with Crippen LogP contribution < -0.4 is 15.1 Å². The molecular formula is C14H11NO5. The van der Waals surface area contributed by atoms with Crippen molar-refractivity contribution in [2.24, 2.45) is 0 Å². The van der Waals surface area contributed by atoms with Crippen LogP contribution in [0.5, 0.6) is 11.5 Å². The second-order valence-electron chi connectivity index (χ2n) is 3.71. The number of benzene rings is 2. The molecule has 0 unspecified atom stereocenters. The summed E-state index contributed by atoms with van der Waals surface area (Å²) in [5, 5.41) is 8.94. The Labute approximate surface area is 114 Å². The normalized spacial score (nSPS) is 9.60. The van der Waals surface area contributed by atoms with Gasteiger partial charge in [0, 0.05) is 0 Å². The van der Waals surface area contributed by atoms with Crippen molar-refractivity contribution in [3.63, 3.8) is 0 Å². The van der Waals surface area contributed by atoms with Gasteiger partial charge in [-0.2, -0.15) is 5.48 Å². The summed E-state index contributed by atoms with van der Waals surface area (Å²) in [4.78, 5) is 27.3. The van der Waals surface area contributed by atoms with E-state index in [2.05, 4.69) is 0 Å². The van der Waals surface area contributed by atoms with Gasteiger partial charge in [0.2, 0.25) is 0 Å². The van der Waals surface area contributed by atoms with E-state index in [1.807, 2.05) is 5.48 Å². The zero-order valence-electron chi connectivity index (χ0n) is 10.3. The standard InChI is InChI=1S/C14H11NO5/c16-13(17)11-8-4-5-9-12(11)20-15-14(18)19-10-6-2-1-3-7-10/h1-9H,(H,15,18)(H,16,17). The predicted octanol–water partition coefficient (Wildman–Crippen LogP) is 2.47.